The van der Waals surface area contributed by atoms with Crippen molar-refractivity contribution in [2.24, 2.45) is 0 Å². The number of aliphatic hydroxyl groups is 1. The third kappa shape index (κ3) is 12.2. The molecule has 4 N–H and O–H groups in total. The lowest BCUT2D eigenvalue weighted by Gasteiger charge is -2.29. The number of ether oxygens (including phenoxy) is 1. The number of aliphatic hydroxyl groups excluding tert-OH is 1. The second-order valence-electron chi connectivity index (χ2n) is 7.33. The molecule has 184 valence electrons. The van der Waals surface area contributed by atoms with E-state index in [-0.39, 0.29) is 24.7 Å². The number of hydrogen-bond donors (Lipinski definition) is 5. The van der Waals surface area contributed by atoms with Crippen LogP contribution in [0.25, 0.3) is 0 Å². The first-order valence-electron chi connectivity index (χ1n) is 10.9. The van der Waals surface area contributed by atoms with Gasteiger partial charge in [0.2, 0.25) is 11.8 Å². The zero-order valence-corrected chi connectivity index (χ0v) is 20.9. The zero-order valence-electron chi connectivity index (χ0n) is 19.1. The molecule has 2 amide bonds. The second-order valence-corrected chi connectivity index (χ2v) is 8.43. The SMILES string of the molecule is CCCN(CC(O)C(Cc1ccccc1)NC(=O)CCC(=O)NC)SC1=CCC=CO1.OS. The molecule has 1 heterocycles. The molecule has 0 saturated heterocycles. The molecule has 1 aliphatic rings. The number of carbonyl (C=O) groups excluding carboxylic acids is 2. The van der Waals surface area contributed by atoms with Gasteiger partial charge in [-0.25, -0.2) is 4.31 Å². The van der Waals surface area contributed by atoms with Gasteiger partial charge in [-0.05, 0) is 61.8 Å². The largest absolute Gasteiger partial charge is 0.457 e. The van der Waals surface area contributed by atoms with Crippen LogP contribution in [0.15, 0.2) is 53.8 Å². The van der Waals surface area contributed by atoms with Gasteiger partial charge in [0, 0.05) is 33.0 Å². The molecule has 0 aliphatic carbocycles. The lowest BCUT2D eigenvalue weighted by Crippen LogP contribution is -2.48. The molecule has 0 spiro atoms. The monoisotopic (exact) mass is 497 g/mol. The van der Waals surface area contributed by atoms with E-state index in [9.17, 15) is 14.7 Å². The predicted octanol–water partition coefficient (Wildman–Crippen LogP) is 3.13. The van der Waals surface area contributed by atoms with Gasteiger partial charge in [0.15, 0.2) is 5.09 Å². The lowest BCUT2D eigenvalue weighted by atomic mass is 10.0. The van der Waals surface area contributed by atoms with Crippen molar-refractivity contribution in [2.45, 2.75) is 51.2 Å². The van der Waals surface area contributed by atoms with Crippen LogP contribution in [0.1, 0.15) is 38.2 Å². The number of thiol groups is 1. The Kier molecular flexibility index (Phi) is 15.4. The van der Waals surface area contributed by atoms with Gasteiger partial charge in [0.25, 0.3) is 0 Å². The minimum atomic E-state index is -0.789. The van der Waals surface area contributed by atoms with E-state index >= 15 is 0 Å². The summed E-state index contributed by atoms with van der Waals surface area (Å²) in [5.41, 5.74) is 1.02. The summed E-state index contributed by atoms with van der Waals surface area (Å²) in [6.45, 7) is 3.23. The van der Waals surface area contributed by atoms with Crippen LogP contribution in [0.5, 0.6) is 0 Å². The quantitative estimate of drug-likeness (QED) is 0.162. The molecule has 1 aromatic rings. The molecule has 2 atom stereocenters. The fourth-order valence-corrected chi connectivity index (χ4v) is 4.14. The molecule has 10 heteroatoms. The van der Waals surface area contributed by atoms with Gasteiger partial charge in [0.05, 0.1) is 18.4 Å². The van der Waals surface area contributed by atoms with Crippen LogP contribution in [0, 0.1) is 0 Å². The molecule has 0 fully saturated rings. The first kappa shape index (κ1) is 29.1. The predicted molar refractivity (Wildman–Crippen MR) is 135 cm³/mol. The first-order valence-corrected chi connectivity index (χ1v) is 12.1. The Labute approximate surface area is 206 Å². The summed E-state index contributed by atoms with van der Waals surface area (Å²) in [5.74, 6) is -0.433. The van der Waals surface area contributed by atoms with Crippen molar-refractivity contribution < 1.29 is 24.0 Å². The minimum Gasteiger partial charge on any atom is -0.457 e. The van der Waals surface area contributed by atoms with E-state index < -0.39 is 12.1 Å². The molecule has 1 aliphatic heterocycles. The summed E-state index contributed by atoms with van der Waals surface area (Å²) in [6, 6.07) is 9.28. The Balaban J connectivity index is 0.00000265. The maximum atomic E-state index is 12.4. The van der Waals surface area contributed by atoms with Crippen molar-refractivity contribution in [3.05, 3.63) is 59.4 Å². The summed E-state index contributed by atoms with van der Waals surface area (Å²) in [7, 11) is 1.55. The van der Waals surface area contributed by atoms with E-state index in [2.05, 4.69) is 34.8 Å². The Hall–Kier alpha value is -1.98. The average molecular weight is 498 g/mol. The van der Waals surface area contributed by atoms with Gasteiger partial charge >= 0.3 is 0 Å². The molecule has 0 radical (unpaired) electrons. The zero-order chi connectivity index (χ0) is 24.5. The van der Waals surface area contributed by atoms with Crippen molar-refractivity contribution in [1.82, 2.24) is 14.9 Å². The smallest absolute Gasteiger partial charge is 0.220 e. The molecule has 2 rings (SSSR count). The number of rotatable bonds is 13. The summed E-state index contributed by atoms with van der Waals surface area (Å²) in [6.07, 6.45) is 7.27. The molecule has 1 aromatic carbocycles. The van der Waals surface area contributed by atoms with Crippen molar-refractivity contribution in [3.63, 3.8) is 0 Å². The summed E-state index contributed by atoms with van der Waals surface area (Å²) < 4.78 is 14.3. The summed E-state index contributed by atoms with van der Waals surface area (Å²) >= 11 is 4.00. The van der Waals surface area contributed by atoms with Gasteiger partial charge in [-0.2, -0.15) is 0 Å². The van der Waals surface area contributed by atoms with E-state index in [0.29, 0.717) is 13.0 Å². The molecule has 33 heavy (non-hydrogen) atoms. The molecular formula is C23H35N3O5S2. The molecule has 0 bridgehead atoms. The third-order valence-electron chi connectivity index (χ3n) is 4.75. The van der Waals surface area contributed by atoms with Crippen LogP contribution in [0.2, 0.25) is 0 Å². The number of amides is 2. The van der Waals surface area contributed by atoms with Gasteiger partial charge in [-0.1, -0.05) is 37.3 Å². The Morgan fingerprint density at radius 3 is 2.52 bits per heavy atom. The van der Waals surface area contributed by atoms with Crippen molar-refractivity contribution >= 4 is 36.7 Å². The topological polar surface area (TPSA) is 111 Å². The standard InChI is InChI=1S/C23H33N3O4S.H2OS/c1-3-14-26(31-23-11-7-8-15-30-23)17-20(27)19(16-18-9-5-4-6-10-18)25-22(29)13-12-21(28)24-2;1-2/h4-6,8-11,15,19-20,27H,3,7,12-14,16-17H2,1-2H3,(H,24,28)(H,25,29);1-2H. The molecule has 8 nitrogen and oxygen atoms in total. The number of hydrogen-bond acceptors (Lipinski definition) is 8. The van der Waals surface area contributed by atoms with Crippen molar-refractivity contribution in [3.8, 4) is 0 Å². The Morgan fingerprint density at radius 1 is 1.21 bits per heavy atom. The van der Waals surface area contributed by atoms with Crippen LogP contribution >= 0.6 is 24.9 Å². The number of allylic oxidation sites excluding steroid dienone is 2. The van der Waals surface area contributed by atoms with Crippen LogP contribution in [0.4, 0.5) is 0 Å². The molecule has 0 aromatic heterocycles. The fraction of sp³-hybridized carbons (Fsp3) is 0.478. The van der Waals surface area contributed by atoms with E-state index in [1.807, 2.05) is 42.5 Å². The highest BCUT2D eigenvalue weighted by atomic mass is 32.2. The van der Waals surface area contributed by atoms with E-state index in [1.165, 1.54) is 11.9 Å². The average Bonchev–Trinajstić information content (AvgIpc) is 2.84. The van der Waals surface area contributed by atoms with Gasteiger partial charge in [-0.15, -0.1) is 0 Å². The Bertz CT molecular complexity index is 762. The summed E-state index contributed by atoms with van der Waals surface area (Å²) in [4.78, 5) is 23.9. The number of benzene rings is 1. The van der Waals surface area contributed by atoms with Crippen LogP contribution in [0.3, 0.4) is 0 Å². The Morgan fingerprint density at radius 2 is 1.91 bits per heavy atom. The third-order valence-corrected chi connectivity index (χ3v) is 5.78. The minimum absolute atomic E-state index is 0.0815. The highest BCUT2D eigenvalue weighted by Gasteiger charge is 2.25. The summed E-state index contributed by atoms with van der Waals surface area (Å²) in [5, 5.41) is 17.3. The maximum absolute atomic E-state index is 12.4. The molecule has 0 saturated carbocycles. The van der Waals surface area contributed by atoms with Crippen molar-refractivity contribution in [2.75, 3.05) is 20.1 Å². The highest BCUT2D eigenvalue weighted by molar-refractivity contribution is 8.00. The van der Waals surface area contributed by atoms with E-state index in [0.717, 1.165) is 30.0 Å². The molecular weight excluding hydrogens is 462 g/mol. The van der Waals surface area contributed by atoms with Gasteiger partial charge < -0.3 is 25.0 Å². The van der Waals surface area contributed by atoms with Crippen LogP contribution in [-0.2, 0) is 20.7 Å². The number of nitrogens with zero attached hydrogens (tertiary/aromatic N) is 1. The van der Waals surface area contributed by atoms with E-state index in [4.69, 9.17) is 9.29 Å². The maximum Gasteiger partial charge on any atom is 0.220 e. The van der Waals surface area contributed by atoms with E-state index in [1.54, 1.807) is 13.3 Å². The van der Waals surface area contributed by atoms with Crippen LogP contribution in [-0.4, -0.2) is 58.1 Å². The van der Waals surface area contributed by atoms with Gasteiger partial charge in [0.1, 0.15) is 0 Å². The second kappa shape index (κ2) is 17.5. The molecule has 2 unspecified atom stereocenters. The number of carbonyl (C=O) groups is 2. The lowest BCUT2D eigenvalue weighted by molar-refractivity contribution is -0.127. The normalized spacial score (nSPS) is 14.3. The highest BCUT2D eigenvalue weighted by Crippen LogP contribution is 2.26. The van der Waals surface area contributed by atoms with Crippen molar-refractivity contribution in [1.29, 1.82) is 0 Å². The van der Waals surface area contributed by atoms with Gasteiger partial charge in [-0.3, -0.25) is 9.59 Å². The van der Waals surface area contributed by atoms with Crippen LogP contribution < -0.4 is 10.6 Å². The number of nitrogens with one attached hydrogen (secondary N) is 2. The first-order chi connectivity index (χ1) is 16.0. The fourth-order valence-electron chi connectivity index (χ4n) is 3.11.